The normalized spacial score (nSPS) is 41.2. The molecule has 4 rings (SSSR count). The summed E-state index contributed by atoms with van der Waals surface area (Å²) in [5.74, 6) is -2.03. The smallest absolute Gasteiger partial charge is 0.336 e. The minimum atomic E-state index is -1.53. The molecule has 0 spiro atoms. The summed E-state index contributed by atoms with van der Waals surface area (Å²) in [6, 6.07) is 0. The van der Waals surface area contributed by atoms with Gasteiger partial charge in [-0.1, -0.05) is 63.1 Å². The Balaban J connectivity index is 1.66. The van der Waals surface area contributed by atoms with Crippen LogP contribution in [0.3, 0.4) is 0 Å². The highest BCUT2D eigenvalue weighted by atomic mass is 16.7. The summed E-state index contributed by atoms with van der Waals surface area (Å²) in [5, 5.41) is 20.4. The number of carbonyl (C=O) groups is 2. The maximum Gasteiger partial charge on any atom is 0.336 e. The summed E-state index contributed by atoms with van der Waals surface area (Å²) in [4.78, 5) is 23.5. The number of esters is 1. The number of hydrogen-bond donors (Lipinski definition) is 2. The van der Waals surface area contributed by atoms with Gasteiger partial charge in [-0.3, -0.25) is 4.79 Å². The number of cyclic esters (lactones) is 1. The van der Waals surface area contributed by atoms with Crippen molar-refractivity contribution in [3.63, 3.8) is 0 Å². The number of ether oxygens (including phenoxy) is 1. The third-order valence-electron chi connectivity index (χ3n) is 10.3. The van der Waals surface area contributed by atoms with Crippen LogP contribution in [0, 0.1) is 34.0 Å². The molecule has 0 amide bonds. The van der Waals surface area contributed by atoms with Crippen molar-refractivity contribution < 1.29 is 24.5 Å². The van der Waals surface area contributed by atoms with Gasteiger partial charge in [0.2, 0.25) is 5.79 Å². The minimum absolute atomic E-state index is 0.0722. The molecular weight excluding hydrogens is 440 g/mol. The Hall–Kier alpha value is -2.14. The lowest BCUT2D eigenvalue weighted by atomic mass is 9.50. The lowest BCUT2D eigenvalue weighted by Crippen LogP contribution is -2.46. The van der Waals surface area contributed by atoms with Crippen molar-refractivity contribution in [3.8, 4) is 0 Å². The first kappa shape index (κ1) is 25.9. The quantitative estimate of drug-likeness (QED) is 0.326. The van der Waals surface area contributed by atoms with Crippen molar-refractivity contribution in [2.75, 3.05) is 0 Å². The van der Waals surface area contributed by atoms with Crippen molar-refractivity contribution in [1.29, 1.82) is 0 Å². The van der Waals surface area contributed by atoms with Crippen LogP contribution in [0.1, 0.15) is 86.5 Å². The van der Waals surface area contributed by atoms with Crippen LogP contribution < -0.4 is 0 Å². The average molecular weight is 483 g/mol. The highest BCUT2D eigenvalue weighted by Crippen LogP contribution is 2.68. The van der Waals surface area contributed by atoms with Gasteiger partial charge in [0.05, 0.1) is 0 Å². The average Bonchev–Trinajstić information content (AvgIpc) is 3.18. The fraction of sp³-hybridized carbons (Fsp3) is 0.667. The summed E-state index contributed by atoms with van der Waals surface area (Å²) in [6.07, 6.45) is 11.5. The molecule has 2 N–H and O–H groups in total. The first-order chi connectivity index (χ1) is 16.2. The molecule has 0 aromatic rings. The maximum absolute atomic E-state index is 11.9. The van der Waals surface area contributed by atoms with Crippen molar-refractivity contribution in [2.45, 2.75) is 92.3 Å². The van der Waals surface area contributed by atoms with E-state index in [1.165, 1.54) is 11.1 Å². The number of carbonyl (C=O) groups excluding carboxylic acids is 1. The first-order valence-corrected chi connectivity index (χ1v) is 13.1. The summed E-state index contributed by atoms with van der Waals surface area (Å²) in [6.45, 7) is 17.1. The van der Waals surface area contributed by atoms with Crippen LogP contribution >= 0.6 is 0 Å². The van der Waals surface area contributed by atoms with Crippen LogP contribution in [-0.2, 0) is 14.3 Å². The molecule has 35 heavy (non-hydrogen) atoms. The molecule has 1 heterocycles. The molecule has 3 aliphatic carbocycles. The molecule has 0 unspecified atom stereocenters. The van der Waals surface area contributed by atoms with E-state index in [0.29, 0.717) is 24.3 Å². The zero-order chi connectivity index (χ0) is 26.0. The predicted molar refractivity (Wildman–Crippen MR) is 136 cm³/mol. The van der Waals surface area contributed by atoms with Crippen molar-refractivity contribution in [1.82, 2.24) is 0 Å². The largest absolute Gasteiger partial charge is 0.481 e. The topological polar surface area (TPSA) is 83.8 Å². The highest BCUT2D eigenvalue weighted by molar-refractivity contribution is 5.90. The molecule has 0 aromatic heterocycles. The zero-order valence-electron chi connectivity index (χ0n) is 22.2. The minimum Gasteiger partial charge on any atom is -0.481 e. The van der Waals surface area contributed by atoms with Gasteiger partial charge in [-0.15, -0.1) is 0 Å². The maximum atomic E-state index is 11.9. The monoisotopic (exact) mass is 482 g/mol. The second kappa shape index (κ2) is 8.47. The molecular formula is C30H42O5. The van der Waals surface area contributed by atoms with Gasteiger partial charge in [0, 0.05) is 23.8 Å². The number of carboxylic acid groups (broad SMARTS) is 1. The standard InChI is InChI=1S/C30H42O5/c1-18(2)21-8-9-23-22(28(21,6)13-12-25(31)32)10-11-24-27(5,14-15-29(23,24)7)20(4)17-30(34)16-19(3)26(33)35-30/h9,11,16,20-22,34H,1,8,10,12-15,17H2,2-7H3,(H,31,32)/t20-,21-,22-,27+,28+,29+,30+/m1/s1. The van der Waals surface area contributed by atoms with E-state index < -0.39 is 17.7 Å². The number of fused-ring (bicyclic) bond motifs is 3. The van der Waals surface area contributed by atoms with Gasteiger partial charge in [-0.2, -0.15) is 0 Å². The van der Waals surface area contributed by atoms with Crippen molar-refractivity contribution in [3.05, 3.63) is 47.1 Å². The van der Waals surface area contributed by atoms with Gasteiger partial charge in [0.25, 0.3) is 0 Å². The van der Waals surface area contributed by atoms with Crippen LogP contribution in [0.4, 0.5) is 0 Å². The second-order valence-corrected chi connectivity index (χ2v) is 12.5. The van der Waals surface area contributed by atoms with E-state index in [2.05, 4.69) is 53.3 Å². The van der Waals surface area contributed by atoms with Gasteiger partial charge in [0.15, 0.2) is 0 Å². The second-order valence-electron chi connectivity index (χ2n) is 12.5. The molecule has 0 bridgehead atoms. The molecule has 4 aliphatic rings. The van der Waals surface area contributed by atoms with Crippen LogP contribution in [-0.4, -0.2) is 27.9 Å². The lowest BCUT2D eigenvalue weighted by Gasteiger charge is -2.55. The van der Waals surface area contributed by atoms with E-state index in [1.807, 2.05) is 0 Å². The number of carboxylic acids is 1. The van der Waals surface area contributed by atoms with Gasteiger partial charge >= 0.3 is 11.9 Å². The molecule has 192 valence electrons. The van der Waals surface area contributed by atoms with Gasteiger partial charge in [0.1, 0.15) is 0 Å². The van der Waals surface area contributed by atoms with Gasteiger partial charge in [-0.05, 0) is 80.6 Å². The predicted octanol–water partition coefficient (Wildman–Crippen LogP) is 6.35. The van der Waals surface area contributed by atoms with E-state index in [-0.39, 0.29) is 34.5 Å². The Labute approximate surface area is 210 Å². The number of aliphatic hydroxyl groups is 1. The lowest BCUT2D eigenvalue weighted by molar-refractivity contribution is -0.185. The molecule has 0 aromatic carbocycles. The van der Waals surface area contributed by atoms with E-state index in [0.717, 1.165) is 31.3 Å². The molecule has 5 heteroatoms. The highest BCUT2D eigenvalue weighted by Gasteiger charge is 2.58. The van der Waals surface area contributed by atoms with Crippen LogP contribution in [0.15, 0.2) is 47.1 Å². The summed E-state index contributed by atoms with van der Waals surface area (Å²) in [5.41, 5.74) is 4.18. The summed E-state index contributed by atoms with van der Waals surface area (Å²) in [7, 11) is 0. The Morgan fingerprint density at radius 1 is 1.23 bits per heavy atom. The van der Waals surface area contributed by atoms with Crippen LogP contribution in [0.5, 0.6) is 0 Å². The fourth-order valence-corrected chi connectivity index (χ4v) is 8.10. The van der Waals surface area contributed by atoms with Crippen molar-refractivity contribution in [2.24, 2.45) is 34.0 Å². The van der Waals surface area contributed by atoms with Gasteiger partial charge < -0.3 is 14.9 Å². The molecule has 5 nitrogen and oxygen atoms in total. The van der Waals surface area contributed by atoms with Crippen molar-refractivity contribution >= 4 is 11.9 Å². The molecule has 1 aliphatic heterocycles. The van der Waals surface area contributed by atoms with Crippen LogP contribution in [0.2, 0.25) is 0 Å². The SMILES string of the molecule is C=C(C)[C@H]1CC=C2[C@@H](CC=C3[C@@]2(C)CC[C@@]3(C)[C@H](C)C[C@]2(O)C=C(C)C(=O)O2)[C@@]1(C)CCC(=O)O. The first-order valence-electron chi connectivity index (χ1n) is 13.1. The molecule has 0 radical (unpaired) electrons. The van der Waals surface area contributed by atoms with E-state index >= 15 is 0 Å². The van der Waals surface area contributed by atoms with E-state index in [9.17, 15) is 19.8 Å². The summed E-state index contributed by atoms with van der Waals surface area (Å²) < 4.78 is 5.33. The van der Waals surface area contributed by atoms with Gasteiger partial charge in [-0.25, -0.2) is 4.79 Å². The Morgan fingerprint density at radius 2 is 1.91 bits per heavy atom. The fourth-order valence-electron chi connectivity index (χ4n) is 8.10. The Bertz CT molecular complexity index is 1050. The zero-order valence-corrected chi connectivity index (χ0v) is 22.2. The molecule has 0 saturated heterocycles. The number of allylic oxidation sites excluding steroid dienone is 5. The molecule has 1 fully saturated rings. The van der Waals surface area contributed by atoms with E-state index in [1.54, 1.807) is 13.0 Å². The van der Waals surface area contributed by atoms with Crippen LogP contribution in [0.25, 0.3) is 0 Å². The Kier molecular flexibility index (Phi) is 6.28. The third kappa shape index (κ3) is 4.04. The number of hydrogen-bond acceptors (Lipinski definition) is 4. The molecule has 1 saturated carbocycles. The third-order valence-corrected chi connectivity index (χ3v) is 10.3. The molecule has 7 atom stereocenters. The number of aliphatic carboxylic acids is 1. The Morgan fingerprint density at radius 3 is 2.49 bits per heavy atom. The summed E-state index contributed by atoms with van der Waals surface area (Å²) >= 11 is 0. The van der Waals surface area contributed by atoms with E-state index in [4.69, 9.17) is 4.74 Å². The number of rotatable bonds is 7.